The fraction of sp³-hybridized carbons (Fsp3) is 0.462. The average Bonchev–Trinajstić information content (AvgIpc) is 2.81. The van der Waals surface area contributed by atoms with E-state index in [4.69, 9.17) is 16.0 Å². The van der Waals surface area contributed by atoms with Gasteiger partial charge in [-0.05, 0) is 6.42 Å². The molecule has 20 heavy (non-hydrogen) atoms. The first-order valence-electron chi connectivity index (χ1n) is 6.59. The molecule has 2 heterocycles. The lowest BCUT2D eigenvalue weighted by Gasteiger charge is -2.14. The van der Waals surface area contributed by atoms with Crippen molar-refractivity contribution in [2.45, 2.75) is 26.7 Å². The number of nitrogen functional groups attached to an aromatic ring is 1. The van der Waals surface area contributed by atoms with Gasteiger partial charge in [0.05, 0.1) is 5.56 Å². The molecular formula is C13H20N6O. The van der Waals surface area contributed by atoms with E-state index in [0.29, 0.717) is 35.4 Å². The highest BCUT2D eigenvalue weighted by Crippen LogP contribution is 2.27. The second kappa shape index (κ2) is 5.36. The average molecular weight is 276 g/mol. The van der Waals surface area contributed by atoms with E-state index in [2.05, 4.69) is 15.3 Å². The predicted molar refractivity (Wildman–Crippen MR) is 79.4 cm³/mol. The monoisotopic (exact) mass is 276 g/mol. The van der Waals surface area contributed by atoms with Crippen molar-refractivity contribution in [1.29, 1.82) is 5.41 Å². The number of imidazole rings is 1. The quantitative estimate of drug-likeness (QED) is 0.557. The van der Waals surface area contributed by atoms with Gasteiger partial charge in [0, 0.05) is 19.0 Å². The molecule has 7 heteroatoms. The number of hydrogen-bond acceptors (Lipinski definition) is 5. The third-order valence-corrected chi connectivity index (χ3v) is 3.28. The summed E-state index contributed by atoms with van der Waals surface area (Å²) >= 11 is 0. The normalized spacial score (nSPS) is 10.8. The van der Waals surface area contributed by atoms with Crippen molar-refractivity contribution in [3.63, 3.8) is 0 Å². The van der Waals surface area contributed by atoms with Gasteiger partial charge in [0.1, 0.15) is 30.1 Å². The summed E-state index contributed by atoms with van der Waals surface area (Å²) in [7, 11) is 3.37. The van der Waals surface area contributed by atoms with Crippen LogP contribution in [0.5, 0.6) is 0 Å². The van der Waals surface area contributed by atoms with Gasteiger partial charge in [-0.2, -0.15) is 4.73 Å². The van der Waals surface area contributed by atoms with Gasteiger partial charge in [0.2, 0.25) is 0 Å². The van der Waals surface area contributed by atoms with Gasteiger partial charge in [0.15, 0.2) is 5.65 Å². The number of rotatable bonds is 5. The Morgan fingerprint density at radius 1 is 1.35 bits per heavy atom. The molecule has 2 rings (SSSR count). The van der Waals surface area contributed by atoms with Gasteiger partial charge < -0.3 is 15.9 Å². The molecule has 0 saturated carbocycles. The molecule has 0 aliphatic carbocycles. The maximum Gasteiger partial charge on any atom is 0.184 e. The van der Waals surface area contributed by atoms with E-state index < -0.39 is 0 Å². The lowest BCUT2D eigenvalue weighted by molar-refractivity contribution is 0.169. The summed E-state index contributed by atoms with van der Waals surface area (Å²) in [6.07, 6.45) is 1.42. The molecule has 2 aromatic rings. The second-order valence-electron chi connectivity index (χ2n) is 4.36. The second-order valence-corrected chi connectivity index (χ2v) is 4.36. The van der Waals surface area contributed by atoms with E-state index in [9.17, 15) is 0 Å². The first-order valence-corrected chi connectivity index (χ1v) is 6.59. The Labute approximate surface area is 117 Å². The third-order valence-electron chi connectivity index (χ3n) is 3.28. The summed E-state index contributed by atoms with van der Waals surface area (Å²) in [6, 6.07) is 0. The van der Waals surface area contributed by atoms with E-state index in [1.807, 2.05) is 13.8 Å². The van der Waals surface area contributed by atoms with Crippen LogP contribution in [-0.4, -0.2) is 34.7 Å². The van der Waals surface area contributed by atoms with Gasteiger partial charge in [-0.3, -0.25) is 5.41 Å². The standard InChI is InChI=1S/C13H20N6O/c1-5-7-9(11(14)15)10-13(18-12(7)16-3)17-8(6-2)19(10)20-4/h5-6H2,1-4H3,(H3,14,15)(H,16,18). The largest absolute Gasteiger partial charge is 0.415 e. The van der Waals surface area contributed by atoms with Gasteiger partial charge >= 0.3 is 0 Å². The Kier molecular flexibility index (Phi) is 3.78. The molecule has 108 valence electrons. The molecule has 2 aromatic heterocycles. The zero-order valence-corrected chi connectivity index (χ0v) is 12.2. The van der Waals surface area contributed by atoms with Crippen LogP contribution in [0.1, 0.15) is 30.8 Å². The van der Waals surface area contributed by atoms with E-state index in [-0.39, 0.29) is 5.84 Å². The molecule has 0 bridgehead atoms. The van der Waals surface area contributed by atoms with Crippen molar-refractivity contribution < 1.29 is 4.84 Å². The van der Waals surface area contributed by atoms with Crippen molar-refractivity contribution in [1.82, 2.24) is 14.7 Å². The smallest absolute Gasteiger partial charge is 0.184 e. The van der Waals surface area contributed by atoms with Crippen molar-refractivity contribution in [2.24, 2.45) is 5.73 Å². The number of anilines is 1. The number of nitrogens with one attached hydrogen (secondary N) is 2. The van der Waals surface area contributed by atoms with Gasteiger partial charge in [0.25, 0.3) is 0 Å². The lowest BCUT2D eigenvalue weighted by Crippen LogP contribution is -2.19. The van der Waals surface area contributed by atoms with Crippen LogP contribution in [0.2, 0.25) is 0 Å². The van der Waals surface area contributed by atoms with Crippen LogP contribution in [0, 0.1) is 5.41 Å². The number of hydrogen-bond donors (Lipinski definition) is 3. The van der Waals surface area contributed by atoms with Crippen molar-refractivity contribution >= 4 is 22.8 Å². The maximum atomic E-state index is 7.90. The highest BCUT2D eigenvalue weighted by Gasteiger charge is 2.22. The first kappa shape index (κ1) is 14.1. The molecule has 0 aliphatic heterocycles. The SMILES string of the molecule is CCc1c(NC)nc2nc(CC)n(OC)c2c1C(=N)N. The van der Waals surface area contributed by atoms with E-state index in [1.54, 1.807) is 18.9 Å². The van der Waals surface area contributed by atoms with Gasteiger partial charge in [-0.25, -0.2) is 9.97 Å². The fourth-order valence-electron chi connectivity index (χ4n) is 2.43. The number of nitrogens with zero attached hydrogens (tertiary/aromatic N) is 3. The highest BCUT2D eigenvalue weighted by atomic mass is 16.6. The number of fused-ring (bicyclic) bond motifs is 1. The van der Waals surface area contributed by atoms with Crippen molar-refractivity contribution in [3.8, 4) is 0 Å². The molecule has 0 unspecified atom stereocenters. The Morgan fingerprint density at radius 3 is 2.50 bits per heavy atom. The van der Waals surface area contributed by atoms with E-state index >= 15 is 0 Å². The Hall–Kier alpha value is -2.31. The molecule has 4 N–H and O–H groups in total. The molecule has 0 atom stereocenters. The van der Waals surface area contributed by atoms with Crippen molar-refractivity contribution in [2.75, 3.05) is 19.5 Å². The minimum atomic E-state index is -0.00777. The molecule has 0 saturated heterocycles. The molecule has 0 aliphatic rings. The molecule has 0 radical (unpaired) electrons. The van der Waals surface area contributed by atoms with Gasteiger partial charge in [-0.1, -0.05) is 13.8 Å². The van der Waals surface area contributed by atoms with E-state index in [1.165, 1.54) is 0 Å². The zero-order chi connectivity index (χ0) is 14.9. The molecule has 7 nitrogen and oxygen atoms in total. The minimum Gasteiger partial charge on any atom is -0.415 e. The number of aromatic nitrogens is 3. The summed E-state index contributed by atoms with van der Waals surface area (Å²) in [5.41, 5.74) is 8.51. The number of amidine groups is 1. The summed E-state index contributed by atoms with van der Waals surface area (Å²) in [5, 5.41) is 10.9. The molecule has 0 aromatic carbocycles. The van der Waals surface area contributed by atoms with Gasteiger partial charge in [-0.15, -0.1) is 0 Å². The lowest BCUT2D eigenvalue weighted by atomic mass is 10.0. The van der Waals surface area contributed by atoms with Crippen LogP contribution in [0.3, 0.4) is 0 Å². The minimum absolute atomic E-state index is 0.00777. The Morgan fingerprint density at radius 2 is 2.05 bits per heavy atom. The fourth-order valence-corrected chi connectivity index (χ4v) is 2.43. The third kappa shape index (κ3) is 1.95. The Bertz CT molecular complexity index is 661. The summed E-state index contributed by atoms with van der Waals surface area (Å²) in [5.74, 6) is 1.45. The molecule has 0 amide bonds. The highest BCUT2D eigenvalue weighted by molar-refractivity contribution is 6.07. The van der Waals surface area contributed by atoms with Crippen LogP contribution in [0.25, 0.3) is 11.2 Å². The molecule has 0 fully saturated rings. The van der Waals surface area contributed by atoms with Crippen LogP contribution in [0.15, 0.2) is 0 Å². The van der Waals surface area contributed by atoms with Crippen LogP contribution < -0.4 is 15.9 Å². The maximum absolute atomic E-state index is 7.90. The topological polar surface area (TPSA) is 102 Å². The Balaban J connectivity index is 2.96. The van der Waals surface area contributed by atoms with Crippen molar-refractivity contribution in [3.05, 3.63) is 17.0 Å². The van der Waals surface area contributed by atoms with Crippen LogP contribution in [0.4, 0.5) is 5.82 Å². The van der Waals surface area contributed by atoms with Crippen LogP contribution >= 0.6 is 0 Å². The van der Waals surface area contributed by atoms with E-state index in [0.717, 1.165) is 11.4 Å². The van der Waals surface area contributed by atoms with Crippen LogP contribution in [-0.2, 0) is 12.8 Å². The summed E-state index contributed by atoms with van der Waals surface area (Å²) in [6.45, 7) is 3.99. The number of nitrogens with two attached hydrogens (primary N) is 1. The molecular weight excluding hydrogens is 256 g/mol. The molecule has 0 spiro atoms. The number of pyridine rings is 1. The predicted octanol–water partition coefficient (Wildman–Crippen LogP) is 0.940. The zero-order valence-electron chi connectivity index (χ0n) is 12.2. The number of aryl methyl sites for hydroxylation is 1. The summed E-state index contributed by atoms with van der Waals surface area (Å²) < 4.78 is 1.61. The first-order chi connectivity index (χ1) is 9.58. The summed E-state index contributed by atoms with van der Waals surface area (Å²) in [4.78, 5) is 14.4.